The molecular weight excluding hydrogens is 468 g/mol. The van der Waals surface area contributed by atoms with Gasteiger partial charge in [-0.25, -0.2) is 19.0 Å². The number of hydrogen-bond acceptors (Lipinski definition) is 5. The minimum Gasteiger partial charge on any atom is -0.477 e. The average molecular weight is 501 g/mol. The largest absolute Gasteiger partial charge is 0.477 e. The predicted molar refractivity (Wildman–Crippen MR) is 141 cm³/mol. The number of fused-ring (bicyclic) bond motifs is 1. The van der Waals surface area contributed by atoms with Crippen molar-refractivity contribution in [2.45, 2.75) is 59.4 Å². The van der Waals surface area contributed by atoms with Crippen LogP contribution in [0.25, 0.3) is 22.6 Å². The van der Waals surface area contributed by atoms with Gasteiger partial charge in [0, 0.05) is 41.7 Å². The van der Waals surface area contributed by atoms with Crippen LogP contribution in [0.4, 0.5) is 5.82 Å². The summed E-state index contributed by atoms with van der Waals surface area (Å²) in [7, 11) is 0. The molecule has 1 fully saturated rings. The lowest BCUT2D eigenvalue weighted by Crippen LogP contribution is -2.43. The minimum atomic E-state index is -1.11. The highest BCUT2D eigenvalue weighted by Gasteiger charge is 2.34. The van der Waals surface area contributed by atoms with Gasteiger partial charge in [0.25, 0.3) is 0 Å². The Balaban J connectivity index is 1.46. The second kappa shape index (κ2) is 9.80. The van der Waals surface area contributed by atoms with E-state index in [2.05, 4.69) is 22.1 Å². The molecule has 37 heavy (non-hydrogen) atoms. The van der Waals surface area contributed by atoms with Crippen LogP contribution >= 0.6 is 0 Å². The van der Waals surface area contributed by atoms with Crippen LogP contribution in [0, 0.1) is 18.8 Å². The van der Waals surface area contributed by atoms with Crippen LogP contribution in [0.1, 0.15) is 62.5 Å². The molecular formula is C28H32N6O3. The van der Waals surface area contributed by atoms with Gasteiger partial charge >= 0.3 is 5.97 Å². The van der Waals surface area contributed by atoms with Gasteiger partial charge in [0.15, 0.2) is 11.5 Å². The molecule has 1 amide bonds. The highest BCUT2D eigenvalue weighted by molar-refractivity contribution is 6.01. The standard InChI is InChI=1S/C28H32N6O3/c1-17(2)34(27(35)21-7-5-18(3)6-8-21)26-23(28(36)37)16-33(31-26)22-11-9-20(10-12-22)24-15-25-29-19(4)13-14-32(25)30-24/h9-18,21H,5-8H2,1-4H3,(H,36,37). The molecule has 0 bridgehead atoms. The smallest absolute Gasteiger partial charge is 0.341 e. The van der Waals surface area contributed by atoms with Crippen LogP contribution in [0.3, 0.4) is 0 Å². The fraction of sp³-hybridized carbons (Fsp3) is 0.393. The first-order valence-corrected chi connectivity index (χ1v) is 12.8. The highest BCUT2D eigenvalue weighted by Crippen LogP contribution is 2.33. The van der Waals surface area contributed by atoms with Crippen molar-refractivity contribution in [1.29, 1.82) is 0 Å². The molecule has 1 aliphatic carbocycles. The maximum atomic E-state index is 13.5. The van der Waals surface area contributed by atoms with E-state index < -0.39 is 5.97 Å². The van der Waals surface area contributed by atoms with Gasteiger partial charge in [0.1, 0.15) is 5.56 Å². The van der Waals surface area contributed by atoms with E-state index in [4.69, 9.17) is 0 Å². The summed E-state index contributed by atoms with van der Waals surface area (Å²) in [4.78, 5) is 31.8. The predicted octanol–water partition coefficient (Wildman–Crippen LogP) is 5.16. The van der Waals surface area contributed by atoms with Crippen molar-refractivity contribution < 1.29 is 14.7 Å². The number of aromatic carboxylic acids is 1. The van der Waals surface area contributed by atoms with Gasteiger partial charge in [0.2, 0.25) is 5.91 Å². The van der Waals surface area contributed by atoms with Crippen molar-refractivity contribution in [3.8, 4) is 16.9 Å². The van der Waals surface area contributed by atoms with Crippen molar-refractivity contribution >= 4 is 23.3 Å². The molecule has 0 unspecified atom stereocenters. The quantitative estimate of drug-likeness (QED) is 0.392. The molecule has 9 heteroatoms. The normalized spacial score (nSPS) is 17.9. The molecule has 4 aromatic rings. The number of rotatable bonds is 6. The number of hydrogen-bond donors (Lipinski definition) is 1. The number of nitrogens with zero attached hydrogens (tertiary/aromatic N) is 6. The summed E-state index contributed by atoms with van der Waals surface area (Å²) in [6.07, 6.45) is 7.03. The Morgan fingerprint density at radius 2 is 1.76 bits per heavy atom. The molecule has 0 saturated heterocycles. The van der Waals surface area contributed by atoms with E-state index in [-0.39, 0.29) is 29.2 Å². The van der Waals surface area contributed by atoms with Crippen molar-refractivity contribution in [2.24, 2.45) is 11.8 Å². The van der Waals surface area contributed by atoms with Crippen molar-refractivity contribution in [2.75, 3.05) is 4.90 Å². The first-order valence-electron chi connectivity index (χ1n) is 12.8. The lowest BCUT2D eigenvalue weighted by atomic mass is 9.82. The second-order valence-electron chi connectivity index (χ2n) is 10.3. The first kappa shape index (κ1) is 24.7. The molecule has 0 atom stereocenters. The summed E-state index contributed by atoms with van der Waals surface area (Å²) in [6, 6.07) is 11.2. The summed E-state index contributed by atoms with van der Waals surface area (Å²) in [5.74, 6) is -0.443. The van der Waals surface area contributed by atoms with Crippen LogP contribution in [-0.4, -0.2) is 47.4 Å². The molecule has 1 aromatic carbocycles. The van der Waals surface area contributed by atoms with Crippen molar-refractivity contribution in [3.05, 3.63) is 60.0 Å². The summed E-state index contributed by atoms with van der Waals surface area (Å²) in [5, 5.41) is 19.2. The van der Waals surface area contributed by atoms with Gasteiger partial charge in [0.05, 0.1) is 11.4 Å². The Labute approximate surface area is 215 Å². The topological polar surface area (TPSA) is 106 Å². The molecule has 0 aliphatic heterocycles. The lowest BCUT2D eigenvalue weighted by Gasteiger charge is -2.32. The van der Waals surface area contributed by atoms with Gasteiger partial charge in [-0.1, -0.05) is 19.1 Å². The number of carboxylic acid groups (broad SMARTS) is 1. The number of benzene rings is 1. The molecule has 3 aromatic heterocycles. The SMILES string of the molecule is Cc1ccn2nc(-c3ccc(-n4cc(C(=O)O)c(N(C(=O)C5CCC(C)CC5)C(C)C)n4)cc3)cc2n1. The van der Waals surface area contributed by atoms with E-state index in [1.807, 2.05) is 63.4 Å². The number of anilines is 1. The first-order chi connectivity index (χ1) is 17.7. The molecule has 0 radical (unpaired) electrons. The maximum absolute atomic E-state index is 13.5. The Morgan fingerprint density at radius 1 is 1.05 bits per heavy atom. The van der Waals surface area contributed by atoms with Crippen LogP contribution in [0.2, 0.25) is 0 Å². The summed E-state index contributed by atoms with van der Waals surface area (Å²) in [6.45, 7) is 7.94. The molecule has 1 aliphatic rings. The van der Waals surface area contributed by atoms with Crippen molar-refractivity contribution in [3.63, 3.8) is 0 Å². The Morgan fingerprint density at radius 3 is 2.41 bits per heavy atom. The van der Waals surface area contributed by atoms with Gasteiger partial charge < -0.3 is 5.11 Å². The van der Waals surface area contributed by atoms with Gasteiger partial charge in [-0.05, 0) is 70.6 Å². The number of amides is 1. The van der Waals surface area contributed by atoms with Crippen LogP contribution in [0.5, 0.6) is 0 Å². The fourth-order valence-corrected chi connectivity index (χ4v) is 5.03. The second-order valence-corrected chi connectivity index (χ2v) is 10.3. The third-order valence-corrected chi connectivity index (χ3v) is 7.16. The third kappa shape index (κ3) is 4.85. The zero-order valence-corrected chi connectivity index (χ0v) is 21.6. The zero-order valence-electron chi connectivity index (χ0n) is 21.6. The number of aryl methyl sites for hydroxylation is 1. The van der Waals surface area contributed by atoms with Gasteiger partial charge in [-0.3, -0.25) is 9.69 Å². The van der Waals surface area contributed by atoms with E-state index in [1.54, 1.807) is 9.42 Å². The molecule has 0 spiro atoms. The van der Waals surface area contributed by atoms with Crippen LogP contribution in [0.15, 0.2) is 48.8 Å². The van der Waals surface area contributed by atoms with Crippen LogP contribution < -0.4 is 4.90 Å². The van der Waals surface area contributed by atoms with E-state index in [9.17, 15) is 14.7 Å². The number of carbonyl (C=O) groups is 2. The molecule has 1 N–H and O–H groups in total. The number of aromatic nitrogens is 5. The molecule has 3 heterocycles. The van der Waals surface area contributed by atoms with Gasteiger partial charge in [-0.2, -0.15) is 5.10 Å². The van der Waals surface area contributed by atoms with E-state index in [0.717, 1.165) is 48.3 Å². The zero-order chi connectivity index (χ0) is 26.3. The molecule has 192 valence electrons. The number of carbonyl (C=O) groups excluding carboxylic acids is 1. The monoisotopic (exact) mass is 500 g/mol. The Bertz CT molecular complexity index is 1440. The average Bonchev–Trinajstić information content (AvgIpc) is 3.49. The van der Waals surface area contributed by atoms with Gasteiger partial charge in [-0.15, -0.1) is 5.10 Å². The summed E-state index contributed by atoms with van der Waals surface area (Å²) in [5.41, 5.74) is 4.09. The Kier molecular flexibility index (Phi) is 6.54. The van der Waals surface area contributed by atoms with E-state index >= 15 is 0 Å². The van der Waals surface area contributed by atoms with Crippen LogP contribution in [-0.2, 0) is 4.79 Å². The molecule has 9 nitrogen and oxygen atoms in total. The lowest BCUT2D eigenvalue weighted by molar-refractivity contribution is -0.124. The minimum absolute atomic E-state index is 0.0112. The van der Waals surface area contributed by atoms with Crippen molar-refractivity contribution in [1.82, 2.24) is 24.4 Å². The molecule has 1 saturated carbocycles. The van der Waals surface area contributed by atoms with E-state index in [0.29, 0.717) is 11.6 Å². The Hall–Kier alpha value is -4.01. The number of carboxylic acids is 1. The summed E-state index contributed by atoms with van der Waals surface area (Å²) < 4.78 is 3.27. The third-order valence-electron chi connectivity index (χ3n) is 7.16. The highest BCUT2D eigenvalue weighted by atomic mass is 16.4. The maximum Gasteiger partial charge on any atom is 0.341 e. The summed E-state index contributed by atoms with van der Waals surface area (Å²) >= 11 is 0. The molecule has 5 rings (SSSR count). The fourth-order valence-electron chi connectivity index (χ4n) is 5.03. The van der Waals surface area contributed by atoms with E-state index in [1.165, 1.54) is 10.9 Å².